The molecule has 4 aromatic carbocycles. The number of ether oxygens (including phenoxy) is 1. The number of primary amides is 1. The highest BCUT2D eigenvalue weighted by atomic mass is 32.1. The van der Waals surface area contributed by atoms with Gasteiger partial charge in [-0.2, -0.15) is 0 Å². The molecule has 0 aliphatic carbocycles. The third-order valence-corrected chi connectivity index (χ3v) is 17.4. The maximum Gasteiger partial charge on any atom is 0.268 e. The largest absolute Gasteiger partial charge is 0.545 e. The molecule has 0 bridgehead atoms. The maximum absolute atomic E-state index is 14.5. The first-order chi connectivity index (χ1) is 40.5. The quantitative estimate of drug-likeness (QED) is 0.0354. The highest BCUT2D eigenvalue weighted by Crippen LogP contribution is 2.40. The molecule has 2 aromatic heterocycles. The number of carboxylic acids is 1. The van der Waals surface area contributed by atoms with Crippen LogP contribution in [0.3, 0.4) is 0 Å². The van der Waals surface area contributed by atoms with Crippen molar-refractivity contribution in [2.24, 2.45) is 11.1 Å². The smallest absolute Gasteiger partial charge is 0.268 e. The van der Waals surface area contributed by atoms with Crippen LogP contribution in [-0.2, 0) is 59.4 Å². The van der Waals surface area contributed by atoms with Gasteiger partial charge in [-0.1, -0.05) is 93.6 Å². The minimum absolute atomic E-state index is 0. The standard InChI is InChI=1S/C64H75N9O11S.H3N/c1-35(40-18-20-42(21-19-40)56-36(2)66-34-85-56)67-59(78)51-31-46(74)32-72(51)62(81)57(64(4,5)6)71-54(76)13-8-7-10-38-14-16-39(17-15-38)33-84-37(3)47(26-27-53(65)75)69-60(79)52-30-43-12-9-11-41-22-25-49(61(80)73(52)55(41)43)70-58(77)50-29-45-28-44(63(82)83)23-24-48(45)68-50;/h9,11-12,14-21,23-24,28-29,34-35,37,46-47,49,51-52,57,68,74H,7-8,10,13,22,25-27,30-33H2,1-6H3,(H2,65,75)(H,67,78)(H,69,79)(H,70,77)(H,71,76)(H,82,83);1H3/t35-,37+,46+,47-,49+,51-,52-,57+;/m0./s1. The molecule has 22 heteroatoms. The highest BCUT2D eigenvalue weighted by Gasteiger charge is 2.46. The van der Waals surface area contributed by atoms with Crippen molar-refractivity contribution in [2.75, 3.05) is 11.4 Å². The lowest BCUT2D eigenvalue weighted by Crippen LogP contribution is -2.57. The molecule has 0 radical (unpaired) electrons. The number of para-hydroxylation sites is 1. The number of aliphatic hydroxyl groups is 1. The molecule has 9 rings (SSSR count). The second kappa shape index (κ2) is 27.4. The van der Waals surface area contributed by atoms with Gasteiger partial charge in [0.05, 0.1) is 58.6 Å². The number of carbonyl (C=O) groups is 8. The maximum atomic E-state index is 14.5. The lowest BCUT2D eigenvalue weighted by molar-refractivity contribution is -0.255. The zero-order valence-electron chi connectivity index (χ0n) is 49.7. The summed E-state index contributed by atoms with van der Waals surface area (Å²) in [6.45, 7) is 11.4. The normalized spacial score (nSPS) is 18.7. The summed E-state index contributed by atoms with van der Waals surface area (Å²) in [5.74, 6) is -4.48. The Hall–Kier alpha value is -8.31. The number of nitrogens with one attached hydrogen (secondary N) is 5. The van der Waals surface area contributed by atoms with E-state index < -0.39 is 83.3 Å². The number of hydrogen-bond acceptors (Lipinski definition) is 13. The number of quaternary nitrogens is 1. The van der Waals surface area contributed by atoms with Gasteiger partial charge < -0.3 is 62.8 Å². The number of H-pyrrole nitrogens is 1. The van der Waals surface area contributed by atoms with Gasteiger partial charge in [0.2, 0.25) is 35.4 Å². The third kappa shape index (κ3) is 14.8. The number of β-amino-alcohol motifs (C(OH)–C–C–N with tert-alkyl or cyclic N) is 1. The number of carbonyl (C=O) groups excluding carboxylic acids is 8. The number of aromatic amines is 1. The number of hydrogen-bond donors (Lipinski definition) is 8. The molecule has 1 fully saturated rings. The van der Waals surface area contributed by atoms with Crippen LogP contribution < -0.4 is 43.2 Å². The summed E-state index contributed by atoms with van der Waals surface area (Å²) < 4.78 is 6.32. The van der Waals surface area contributed by atoms with Gasteiger partial charge in [0.25, 0.3) is 5.91 Å². The van der Waals surface area contributed by atoms with E-state index in [1.165, 1.54) is 34.1 Å². The summed E-state index contributed by atoms with van der Waals surface area (Å²) in [7, 11) is 0. The van der Waals surface area contributed by atoms with Crippen LogP contribution in [0.4, 0.5) is 5.69 Å². The minimum atomic E-state index is -1.35. The first-order valence-electron chi connectivity index (χ1n) is 29.0. The molecule has 5 heterocycles. The average Bonchev–Trinajstić information content (AvgIpc) is 1.70. The van der Waals surface area contributed by atoms with Crippen molar-refractivity contribution < 1.29 is 53.3 Å². The lowest BCUT2D eigenvalue weighted by atomic mass is 9.85. The summed E-state index contributed by atoms with van der Waals surface area (Å²) >= 11 is 1.56. The number of anilines is 1. The van der Waals surface area contributed by atoms with E-state index in [0.717, 1.165) is 44.0 Å². The van der Waals surface area contributed by atoms with Crippen LogP contribution in [0.5, 0.6) is 0 Å². The van der Waals surface area contributed by atoms with Gasteiger partial charge in [0.1, 0.15) is 29.9 Å². The molecule has 3 aliphatic heterocycles. The highest BCUT2D eigenvalue weighted by molar-refractivity contribution is 7.13. The van der Waals surface area contributed by atoms with Gasteiger partial charge in [-0.05, 0) is 122 Å². The molecule has 1 saturated heterocycles. The lowest BCUT2D eigenvalue weighted by Gasteiger charge is -2.35. The minimum Gasteiger partial charge on any atom is -0.545 e. The van der Waals surface area contributed by atoms with E-state index in [1.807, 2.05) is 107 Å². The number of unbranched alkanes of at least 4 members (excludes halogenated alkanes) is 1. The monoisotopic (exact) mass is 1190 g/mol. The number of carboxylic acid groups (broad SMARTS) is 1. The van der Waals surface area contributed by atoms with Crippen molar-refractivity contribution in [1.29, 1.82) is 0 Å². The van der Waals surface area contributed by atoms with Crippen molar-refractivity contribution in [3.63, 3.8) is 0 Å². The Balaban J connectivity index is 0.00000961. The van der Waals surface area contributed by atoms with Crippen LogP contribution in [0.2, 0.25) is 0 Å². The average molecular weight is 1200 g/mol. The number of rotatable bonds is 23. The molecule has 0 unspecified atom stereocenters. The van der Waals surface area contributed by atoms with Crippen molar-refractivity contribution in [3.05, 3.63) is 141 Å². The van der Waals surface area contributed by atoms with E-state index in [9.17, 15) is 48.6 Å². The van der Waals surface area contributed by atoms with Gasteiger partial charge in [-0.25, -0.2) is 4.98 Å². The Morgan fingerprint density at radius 2 is 1.59 bits per heavy atom. The van der Waals surface area contributed by atoms with E-state index in [0.29, 0.717) is 42.3 Å². The number of benzene rings is 4. The van der Waals surface area contributed by atoms with Gasteiger partial charge >= 0.3 is 0 Å². The molecule has 0 saturated carbocycles. The van der Waals surface area contributed by atoms with E-state index in [-0.39, 0.29) is 86.9 Å². The summed E-state index contributed by atoms with van der Waals surface area (Å²) in [6.07, 6.45) is 1.77. The number of aromatic nitrogens is 2. The van der Waals surface area contributed by atoms with E-state index in [1.54, 1.807) is 18.3 Å². The molecule has 456 valence electrons. The predicted molar refractivity (Wildman–Crippen MR) is 325 cm³/mol. The van der Waals surface area contributed by atoms with Gasteiger partial charge in [0.15, 0.2) is 0 Å². The molecule has 86 heavy (non-hydrogen) atoms. The number of nitrogens with two attached hydrogens (primary N) is 1. The second-order valence-corrected chi connectivity index (χ2v) is 24.6. The topological polar surface area (TPSA) is 335 Å². The van der Waals surface area contributed by atoms with E-state index >= 15 is 0 Å². The fourth-order valence-corrected chi connectivity index (χ4v) is 12.4. The molecular formula is C64H78N10O11S. The molecule has 6 aromatic rings. The number of likely N-dealkylation sites (tertiary alicyclic amines) is 1. The van der Waals surface area contributed by atoms with Crippen molar-refractivity contribution in [2.45, 2.75) is 161 Å². The number of nitrogens with zero attached hydrogens (tertiary/aromatic N) is 3. The van der Waals surface area contributed by atoms with Gasteiger partial charge in [0, 0.05) is 43.1 Å². The Kier molecular flexibility index (Phi) is 20.3. The predicted octanol–water partition coefficient (Wildman–Crippen LogP) is 5.78. The number of aryl methyl sites for hydroxylation is 3. The van der Waals surface area contributed by atoms with Crippen LogP contribution in [0.15, 0.2) is 96.5 Å². The molecular weight excluding hydrogens is 1120 g/mol. The summed E-state index contributed by atoms with van der Waals surface area (Å²) in [4.78, 5) is 119. The fourth-order valence-electron chi connectivity index (χ4n) is 11.6. The van der Waals surface area contributed by atoms with Gasteiger partial charge in [-0.15, -0.1) is 11.3 Å². The van der Waals surface area contributed by atoms with Crippen LogP contribution in [-0.4, -0.2) is 116 Å². The third-order valence-electron chi connectivity index (χ3n) is 16.4. The zero-order chi connectivity index (χ0) is 60.9. The first-order valence-corrected chi connectivity index (χ1v) is 29.9. The fraction of sp³-hybridized carbons (Fsp3) is 0.422. The van der Waals surface area contributed by atoms with Crippen LogP contribution in [0.1, 0.15) is 140 Å². The molecule has 7 amide bonds. The summed E-state index contributed by atoms with van der Waals surface area (Å²) in [5.41, 5.74) is 14.4. The Labute approximate surface area is 503 Å². The molecule has 0 spiro atoms. The van der Waals surface area contributed by atoms with E-state index in [2.05, 4.69) is 31.2 Å². The summed E-state index contributed by atoms with van der Waals surface area (Å²) in [6, 6.07) is 22.4. The van der Waals surface area contributed by atoms with E-state index in [4.69, 9.17) is 10.5 Å². The number of thiazole rings is 1. The SMILES string of the molecule is Cc1ncsc1-c1ccc([C@H](C)NC(=O)[C@@H]2C[C@@H](O)CN2C(=O)[C@@H](NC(=O)CCCCc2ccc(CO[C@H](C)[C@H](CCC(N)=O)NC(=O)[C@@H]3Cc4cccc5c4N3C(=O)[C@H](NC(=O)c3cc4cc(C(=O)[O-])ccc4[nH]3)CC5)cc2)C(C)(C)C)cc1.[NH4+]. The molecule has 12 N–H and O–H groups in total. The van der Waals surface area contributed by atoms with Crippen molar-refractivity contribution >= 4 is 75.2 Å². The Bertz CT molecular complexity index is 3490. The van der Waals surface area contributed by atoms with Crippen molar-refractivity contribution in [1.82, 2.24) is 42.3 Å². The van der Waals surface area contributed by atoms with Gasteiger partial charge in [-0.3, -0.25) is 38.5 Å². The molecule has 21 nitrogen and oxygen atoms in total. The molecule has 3 aliphatic rings. The number of fused-ring (bicyclic) bond motifs is 1. The number of aromatic carboxylic acids is 1. The Morgan fingerprint density at radius 1 is 0.884 bits per heavy atom. The second-order valence-electron chi connectivity index (χ2n) is 23.7. The number of aliphatic hydroxyl groups excluding tert-OH is 1. The van der Waals surface area contributed by atoms with Crippen LogP contribution >= 0.6 is 11.3 Å². The zero-order valence-corrected chi connectivity index (χ0v) is 50.5. The van der Waals surface area contributed by atoms with Crippen molar-refractivity contribution in [3.8, 4) is 10.4 Å². The summed E-state index contributed by atoms with van der Waals surface area (Å²) in [5, 5.41) is 34.6. The molecule has 8 atom stereocenters. The van der Waals surface area contributed by atoms with Crippen LogP contribution in [0, 0.1) is 12.3 Å². The first kappa shape index (κ1) is 63.7. The Morgan fingerprint density at radius 3 is 2.28 bits per heavy atom. The number of amides is 7. The van der Waals surface area contributed by atoms with Crippen LogP contribution in [0.25, 0.3) is 21.3 Å².